The molecule has 8 nitrogen and oxygen atoms in total. The first-order chi connectivity index (χ1) is 15.0. The molecule has 2 aromatic rings. The van der Waals surface area contributed by atoms with E-state index in [-0.39, 0.29) is 36.0 Å². The summed E-state index contributed by atoms with van der Waals surface area (Å²) >= 11 is 0. The highest BCUT2D eigenvalue weighted by Crippen LogP contribution is 2.43. The molecule has 0 saturated heterocycles. The third-order valence-electron chi connectivity index (χ3n) is 4.55. The van der Waals surface area contributed by atoms with Crippen LogP contribution in [0.5, 0.6) is 5.75 Å². The van der Waals surface area contributed by atoms with E-state index >= 15 is 0 Å². The predicted octanol–water partition coefficient (Wildman–Crippen LogP) is 2.33. The number of esters is 1. The van der Waals surface area contributed by atoms with E-state index in [9.17, 15) is 14.9 Å². The first-order valence-electron chi connectivity index (χ1n) is 9.51. The van der Waals surface area contributed by atoms with Crippen LogP contribution in [0.3, 0.4) is 0 Å². The molecule has 4 N–H and O–H groups in total. The molecule has 1 aliphatic rings. The molecule has 0 unspecified atom stereocenters. The van der Waals surface area contributed by atoms with Gasteiger partial charge in [0.1, 0.15) is 23.2 Å². The topological polar surface area (TPSA) is 138 Å². The first kappa shape index (κ1) is 21.5. The molecule has 0 spiro atoms. The molecular formula is C23H21N3O5. The Morgan fingerprint density at radius 3 is 2.39 bits per heavy atom. The first-order valence-corrected chi connectivity index (χ1v) is 9.51. The van der Waals surface area contributed by atoms with Gasteiger partial charge in [0.05, 0.1) is 18.1 Å². The smallest absolute Gasteiger partial charge is 0.338 e. The lowest BCUT2D eigenvalue weighted by atomic mass is 9.82. The van der Waals surface area contributed by atoms with Gasteiger partial charge >= 0.3 is 5.97 Å². The quantitative estimate of drug-likeness (QED) is 0.657. The van der Waals surface area contributed by atoms with Gasteiger partial charge in [-0.25, -0.2) is 4.79 Å². The van der Waals surface area contributed by atoms with Crippen LogP contribution in [0.25, 0.3) is 5.76 Å². The van der Waals surface area contributed by atoms with Crippen molar-refractivity contribution in [3.05, 3.63) is 82.8 Å². The van der Waals surface area contributed by atoms with Gasteiger partial charge in [0.25, 0.3) is 5.91 Å². The molecule has 3 rings (SSSR count). The number of nitrogens with zero attached hydrogens (tertiary/aromatic N) is 1. The van der Waals surface area contributed by atoms with E-state index in [4.69, 9.17) is 25.7 Å². The fourth-order valence-corrected chi connectivity index (χ4v) is 3.22. The molecule has 158 valence electrons. The van der Waals surface area contributed by atoms with E-state index in [0.717, 1.165) is 0 Å². The van der Waals surface area contributed by atoms with Crippen LogP contribution in [-0.4, -0.2) is 25.1 Å². The SMILES string of the molecule is CCOC(=O)C1=C(c2ccccc2)OC(N)=C(C#N)[C@H]1c1ccc(OCC(N)=O)cc1. The number of rotatable bonds is 7. The maximum absolute atomic E-state index is 13.0. The minimum absolute atomic E-state index is 0.0894. The average molecular weight is 419 g/mol. The molecule has 0 aliphatic carbocycles. The van der Waals surface area contributed by atoms with Crippen LogP contribution in [0.15, 0.2) is 71.6 Å². The lowest BCUT2D eigenvalue weighted by Crippen LogP contribution is -2.26. The lowest BCUT2D eigenvalue weighted by Gasteiger charge is -2.28. The summed E-state index contributed by atoms with van der Waals surface area (Å²) < 4.78 is 16.3. The van der Waals surface area contributed by atoms with E-state index in [0.29, 0.717) is 16.9 Å². The van der Waals surface area contributed by atoms with Crippen molar-refractivity contribution in [2.45, 2.75) is 12.8 Å². The maximum Gasteiger partial charge on any atom is 0.338 e. The molecule has 8 heteroatoms. The number of nitriles is 1. The van der Waals surface area contributed by atoms with Gasteiger partial charge in [-0.15, -0.1) is 0 Å². The Labute approximate surface area is 179 Å². The molecule has 1 heterocycles. The third-order valence-corrected chi connectivity index (χ3v) is 4.55. The fraction of sp³-hybridized carbons (Fsp3) is 0.174. The second-order valence-corrected chi connectivity index (χ2v) is 6.58. The summed E-state index contributed by atoms with van der Waals surface area (Å²) in [5, 5.41) is 9.76. The lowest BCUT2D eigenvalue weighted by molar-refractivity contribution is -0.138. The Bertz CT molecular complexity index is 1080. The van der Waals surface area contributed by atoms with E-state index in [1.807, 2.05) is 6.07 Å². The number of carbonyl (C=O) groups is 2. The second kappa shape index (κ2) is 9.50. The van der Waals surface area contributed by atoms with Crippen LogP contribution in [-0.2, 0) is 19.1 Å². The van der Waals surface area contributed by atoms with E-state index < -0.39 is 17.8 Å². The molecule has 0 fully saturated rings. The molecule has 0 saturated carbocycles. The summed E-state index contributed by atoms with van der Waals surface area (Å²) in [4.78, 5) is 23.9. The largest absolute Gasteiger partial charge is 0.484 e. The Kier molecular flexibility index (Phi) is 6.58. The van der Waals surface area contributed by atoms with Crippen LogP contribution in [0.1, 0.15) is 24.0 Å². The zero-order valence-corrected chi connectivity index (χ0v) is 16.8. The predicted molar refractivity (Wildman–Crippen MR) is 112 cm³/mol. The van der Waals surface area contributed by atoms with E-state index in [2.05, 4.69) is 6.07 Å². The van der Waals surface area contributed by atoms with Crippen molar-refractivity contribution in [2.75, 3.05) is 13.2 Å². The number of nitrogens with two attached hydrogens (primary N) is 2. The zero-order chi connectivity index (χ0) is 22.4. The van der Waals surface area contributed by atoms with Gasteiger partial charge in [-0.05, 0) is 24.6 Å². The highest BCUT2D eigenvalue weighted by atomic mass is 16.5. The van der Waals surface area contributed by atoms with E-state index in [1.165, 1.54) is 0 Å². The number of hydrogen-bond donors (Lipinski definition) is 2. The molecule has 1 aliphatic heterocycles. The van der Waals surface area contributed by atoms with Crippen LogP contribution in [0, 0.1) is 11.3 Å². The van der Waals surface area contributed by atoms with Gasteiger partial charge < -0.3 is 25.7 Å². The minimum atomic E-state index is -0.807. The molecule has 2 aromatic carbocycles. The zero-order valence-electron chi connectivity index (χ0n) is 16.8. The molecule has 1 amide bonds. The van der Waals surface area contributed by atoms with Crippen molar-refractivity contribution in [1.29, 1.82) is 5.26 Å². The van der Waals surface area contributed by atoms with Crippen LogP contribution >= 0.6 is 0 Å². The van der Waals surface area contributed by atoms with Gasteiger partial charge in [-0.2, -0.15) is 5.26 Å². The van der Waals surface area contributed by atoms with Crippen molar-refractivity contribution in [2.24, 2.45) is 11.5 Å². The van der Waals surface area contributed by atoms with Crippen molar-refractivity contribution < 1.29 is 23.8 Å². The minimum Gasteiger partial charge on any atom is -0.484 e. The van der Waals surface area contributed by atoms with Crippen molar-refractivity contribution in [3.8, 4) is 11.8 Å². The average Bonchev–Trinajstić information content (AvgIpc) is 2.78. The Hall–Kier alpha value is -4.25. The summed E-state index contributed by atoms with van der Waals surface area (Å²) in [6, 6.07) is 17.6. The molecule has 0 aromatic heterocycles. The standard InChI is InChI=1S/C23H21N3O5/c1-2-29-23(28)20-19(14-8-10-16(11-9-14)30-13-18(25)27)17(12-24)22(26)31-21(20)15-6-4-3-5-7-15/h3-11,19H,2,13,26H2,1H3,(H2,25,27)/t19-/m1/s1. The number of hydrogen-bond acceptors (Lipinski definition) is 7. The normalized spacial score (nSPS) is 15.7. The van der Waals surface area contributed by atoms with Crippen LogP contribution in [0.2, 0.25) is 0 Å². The van der Waals surface area contributed by atoms with Gasteiger partial charge in [0.15, 0.2) is 6.61 Å². The molecule has 31 heavy (non-hydrogen) atoms. The van der Waals surface area contributed by atoms with Crippen LogP contribution < -0.4 is 16.2 Å². The van der Waals surface area contributed by atoms with Crippen molar-refractivity contribution >= 4 is 17.6 Å². The number of allylic oxidation sites excluding steroid dienone is 1. The number of benzene rings is 2. The number of ether oxygens (including phenoxy) is 3. The summed E-state index contributed by atoms with van der Waals surface area (Å²) in [6.45, 7) is 1.58. The molecule has 0 radical (unpaired) electrons. The van der Waals surface area contributed by atoms with Crippen LogP contribution in [0.4, 0.5) is 0 Å². The summed E-state index contributed by atoms with van der Waals surface area (Å²) in [6.07, 6.45) is 0. The molecular weight excluding hydrogens is 398 g/mol. The Balaban J connectivity index is 2.13. The summed E-state index contributed by atoms with van der Waals surface area (Å²) in [7, 11) is 0. The van der Waals surface area contributed by atoms with Gasteiger partial charge in [-0.3, -0.25) is 4.79 Å². The van der Waals surface area contributed by atoms with Gasteiger partial charge in [0, 0.05) is 5.56 Å². The highest BCUT2D eigenvalue weighted by Gasteiger charge is 2.38. The third kappa shape index (κ3) is 4.67. The van der Waals surface area contributed by atoms with Crippen molar-refractivity contribution in [1.82, 2.24) is 0 Å². The number of primary amides is 1. The molecule has 1 atom stereocenters. The fourth-order valence-electron chi connectivity index (χ4n) is 3.22. The highest BCUT2D eigenvalue weighted by molar-refractivity contribution is 5.99. The Morgan fingerprint density at radius 2 is 1.81 bits per heavy atom. The number of carbonyl (C=O) groups excluding carboxylic acids is 2. The van der Waals surface area contributed by atoms with Gasteiger partial charge in [0.2, 0.25) is 5.88 Å². The second-order valence-electron chi connectivity index (χ2n) is 6.58. The summed E-state index contributed by atoms with van der Waals surface area (Å²) in [5.74, 6) is -1.46. The monoisotopic (exact) mass is 419 g/mol. The summed E-state index contributed by atoms with van der Waals surface area (Å²) in [5.41, 5.74) is 12.6. The Morgan fingerprint density at radius 1 is 1.13 bits per heavy atom. The number of amides is 1. The van der Waals surface area contributed by atoms with E-state index in [1.54, 1.807) is 55.5 Å². The van der Waals surface area contributed by atoms with Crippen molar-refractivity contribution in [3.63, 3.8) is 0 Å². The maximum atomic E-state index is 13.0. The molecule has 0 bridgehead atoms. The van der Waals surface area contributed by atoms with Gasteiger partial charge in [-0.1, -0.05) is 42.5 Å².